The lowest BCUT2D eigenvalue weighted by atomic mass is 9.83. The molecule has 0 bridgehead atoms. The second-order valence-corrected chi connectivity index (χ2v) is 10.1. The molecule has 0 radical (unpaired) electrons. The summed E-state index contributed by atoms with van der Waals surface area (Å²) in [6.45, 7) is 0.911. The first kappa shape index (κ1) is 22.2. The van der Waals surface area contributed by atoms with Gasteiger partial charge in [0.1, 0.15) is 19.3 Å². The predicted molar refractivity (Wildman–Crippen MR) is 138 cm³/mol. The van der Waals surface area contributed by atoms with Crippen molar-refractivity contribution in [2.45, 2.75) is 12.1 Å². The first-order chi connectivity index (χ1) is 19.1. The maximum atomic E-state index is 14.2. The molecule has 2 amide bonds. The summed E-state index contributed by atoms with van der Waals surface area (Å²) in [6.07, 6.45) is 3.77. The van der Waals surface area contributed by atoms with Crippen molar-refractivity contribution in [3.63, 3.8) is 0 Å². The molecular weight excluding hydrogens is 500 g/mol. The van der Waals surface area contributed by atoms with Crippen LogP contribution in [0.4, 0.5) is 5.69 Å². The molecule has 3 aromatic carbocycles. The van der Waals surface area contributed by atoms with E-state index in [1.165, 1.54) is 4.90 Å². The Bertz CT molecular complexity index is 1610. The zero-order chi connectivity index (χ0) is 26.2. The number of ketones is 1. The summed E-state index contributed by atoms with van der Waals surface area (Å²) >= 11 is 0. The summed E-state index contributed by atoms with van der Waals surface area (Å²) in [7, 11) is 0. The molecule has 0 unspecified atom stereocenters. The largest absolute Gasteiger partial charge is 0.486 e. The number of nitrogens with zero attached hydrogens (tertiary/aromatic N) is 2. The Hall–Kier alpha value is -4.79. The van der Waals surface area contributed by atoms with Crippen molar-refractivity contribution in [3.05, 3.63) is 83.6 Å². The lowest BCUT2D eigenvalue weighted by Gasteiger charge is -2.35. The highest BCUT2D eigenvalue weighted by Crippen LogP contribution is 2.54. The van der Waals surface area contributed by atoms with E-state index in [4.69, 9.17) is 18.9 Å². The third-order valence-corrected chi connectivity index (χ3v) is 8.17. The number of ether oxygens (including phenoxy) is 4. The van der Waals surface area contributed by atoms with Crippen LogP contribution < -0.4 is 23.8 Å². The van der Waals surface area contributed by atoms with Gasteiger partial charge in [-0.3, -0.25) is 14.4 Å². The summed E-state index contributed by atoms with van der Waals surface area (Å²) in [5, 5.41) is 0. The molecule has 194 valence electrons. The van der Waals surface area contributed by atoms with E-state index in [0.717, 1.165) is 11.1 Å². The number of fused-ring (bicyclic) bond motifs is 7. The Balaban J connectivity index is 1.24. The fourth-order valence-corrected chi connectivity index (χ4v) is 6.50. The number of Topliss-reactive ketones (excluding diaryl/α,β-unsaturated/α-hetero) is 1. The van der Waals surface area contributed by atoms with Gasteiger partial charge in [-0.25, -0.2) is 4.90 Å². The minimum atomic E-state index is -0.872. The monoisotopic (exact) mass is 522 g/mol. The average molecular weight is 523 g/mol. The predicted octanol–water partition coefficient (Wildman–Crippen LogP) is 3.58. The highest BCUT2D eigenvalue weighted by atomic mass is 16.7. The molecule has 3 aromatic rings. The summed E-state index contributed by atoms with van der Waals surface area (Å²) < 4.78 is 22.2. The second kappa shape index (κ2) is 8.10. The van der Waals surface area contributed by atoms with Crippen LogP contribution in [0.15, 0.2) is 66.9 Å². The number of hydrogen-bond acceptors (Lipinski definition) is 8. The smallest absolute Gasteiger partial charge is 0.240 e. The van der Waals surface area contributed by atoms with E-state index in [0.29, 0.717) is 47.5 Å². The Morgan fingerprint density at radius 3 is 2.38 bits per heavy atom. The lowest BCUT2D eigenvalue weighted by molar-refractivity contribution is -0.123. The van der Waals surface area contributed by atoms with Crippen molar-refractivity contribution in [2.24, 2.45) is 11.8 Å². The molecule has 9 heteroatoms. The molecule has 9 nitrogen and oxygen atoms in total. The molecule has 4 atom stereocenters. The molecule has 0 aliphatic carbocycles. The minimum absolute atomic E-state index is 0.0896. The van der Waals surface area contributed by atoms with Gasteiger partial charge in [0, 0.05) is 17.8 Å². The number of imide groups is 1. The van der Waals surface area contributed by atoms with Gasteiger partial charge in [0.2, 0.25) is 18.6 Å². The van der Waals surface area contributed by atoms with E-state index in [1.807, 2.05) is 41.4 Å². The van der Waals surface area contributed by atoms with Crippen LogP contribution in [0, 0.1) is 11.8 Å². The van der Waals surface area contributed by atoms with Crippen LogP contribution >= 0.6 is 0 Å². The van der Waals surface area contributed by atoms with E-state index >= 15 is 0 Å². The topological polar surface area (TPSA) is 94.6 Å². The van der Waals surface area contributed by atoms with Gasteiger partial charge < -0.3 is 23.8 Å². The van der Waals surface area contributed by atoms with E-state index in [-0.39, 0.29) is 18.5 Å². The normalized spacial score (nSPS) is 25.4. The highest BCUT2D eigenvalue weighted by molar-refractivity contribution is 6.24. The highest BCUT2D eigenvalue weighted by Gasteiger charge is 2.64. The fraction of sp³-hybridized carbons (Fsp3) is 0.233. The van der Waals surface area contributed by atoms with Gasteiger partial charge in [-0.05, 0) is 47.5 Å². The molecule has 5 heterocycles. The molecule has 2 fully saturated rings. The van der Waals surface area contributed by atoms with Crippen LogP contribution in [-0.4, -0.2) is 48.5 Å². The molecule has 5 aliphatic heterocycles. The van der Waals surface area contributed by atoms with E-state index in [2.05, 4.69) is 0 Å². The number of carbonyl (C=O) groups excluding carboxylic acids is 3. The number of rotatable bonds is 3. The van der Waals surface area contributed by atoms with Crippen LogP contribution in [0.3, 0.4) is 0 Å². The molecule has 2 saturated heterocycles. The summed E-state index contributed by atoms with van der Waals surface area (Å²) in [5.74, 6) is -0.488. The number of carbonyl (C=O) groups is 3. The SMILES string of the molecule is O=C(c1ccc2c(c1)OCO2)[C@@H]1[C@@H]2C(=O)N(c3ccc4c(c3)OCCO4)C(=O)[C@H]2[C@@H]2c3ccccc3C=CN12. The van der Waals surface area contributed by atoms with E-state index in [1.54, 1.807) is 36.4 Å². The van der Waals surface area contributed by atoms with E-state index in [9.17, 15) is 14.4 Å². The van der Waals surface area contributed by atoms with Gasteiger partial charge in [-0.1, -0.05) is 24.3 Å². The first-order valence-corrected chi connectivity index (χ1v) is 12.9. The van der Waals surface area contributed by atoms with Crippen molar-refractivity contribution >= 4 is 29.4 Å². The fourth-order valence-electron chi connectivity index (χ4n) is 6.50. The molecule has 5 aliphatic rings. The lowest BCUT2D eigenvalue weighted by Crippen LogP contribution is -2.44. The standard InChI is InChI=1S/C30H22N2O7/c33-28(17-5-7-21-22(13-17)39-15-38-21)27-25-24(26-19-4-2-1-3-16(19)9-10-31(26)27)29(34)32(30(25)35)18-6-8-20-23(14-18)37-12-11-36-20/h1-10,13-14,24-27H,11-12,15H2/t24-,25-,26+,27+/m1/s1. The molecule has 0 aromatic heterocycles. The second-order valence-electron chi connectivity index (χ2n) is 10.1. The van der Waals surface area contributed by atoms with Crippen molar-refractivity contribution in [3.8, 4) is 23.0 Å². The van der Waals surface area contributed by atoms with Gasteiger partial charge in [0.15, 0.2) is 28.8 Å². The van der Waals surface area contributed by atoms with Crippen molar-refractivity contribution in [2.75, 3.05) is 24.9 Å². The van der Waals surface area contributed by atoms with Gasteiger partial charge in [0.25, 0.3) is 0 Å². The zero-order valence-electron chi connectivity index (χ0n) is 20.6. The molecule has 0 N–H and O–H groups in total. The molecule has 8 rings (SSSR count). The van der Waals surface area contributed by atoms with Gasteiger partial charge in [-0.2, -0.15) is 0 Å². The van der Waals surface area contributed by atoms with Gasteiger partial charge >= 0.3 is 0 Å². The first-order valence-electron chi connectivity index (χ1n) is 12.9. The third kappa shape index (κ3) is 3.10. The van der Waals surface area contributed by atoms with Gasteiger partial charge in [-0.15, -0.1) is 0 Å². The molecular formula is C30H22N2O7. The molecule has 0 spiro atoms. The zero-order valence-corrected chi connectivity index (χ0v) is 20.6. The van der Waals surface area contributed by atoms with Crippen molar-refractivity contribution in [1.82, 2.24) is 4.90 Å². The third-order valence-electron chi connectivity index (χ3n) is 8.17. The molecule has 39 heavy (non-hydrogen) atoms. The summed E-state index contributed by atoms with van der Waals surface area (Å²) in [5.41, 5.74) is 2.69. The number of hydrogen-bond donors (Lipinski definition) is 0. The quantitative estimate of drug-likeness (QED) is 0.381. The Kier molecular flexibility index (Phi) is 4.62. The van der Waals surface area contributed by atoms with Gasteiger partial charge in [0.05, 0.1) is 23.6 Å². The Morgan fingerprint density at radius 2 is 1.49 bits per heavy atom. The van der Waals surface area contributed by atoms with Crippen LogP contribution in [0.1, 0.15) is 27.5 Å². The Labute approximate surface area is 223 Å². The van der Waals surface area contributed by atoms with Crippen LogP contribution in [-0.2, 0) is 9.59 Å². The van der Waals surface area contributed by atoms with Crippen LogP contribution in [0.5, 0.6) is 23.0 Å². The Morgan fingerprint density at radius 1 is 0.769 bits per heavy atom. The van der Waals surface area contributed by atoms with Crippen LogP contribution in [0.25, 0.3) is 6.08 Å². The van der Waals surface area contributed by atoms with Crippen LogP contribution in [0.2, 0.25) is 0 Å². The van der Waals surface area contributed by atoms with E-state index < -0.39 is 29.8 Å². The summed E-state index contributed by atoms with van der Waals surface area (Å²) in [4.78, 5) is 45.5. The number of benzene rings is 3. The molecule has 0 saturated carbocycles. The van der Waals surface area contributed by atoms with Crippen molar-refractivity contribution < 1.29 is 33.3 Å². The summed E-state index contributed by atoms with van der Waals surface area (Å²) in [6, 6.07) is 16.5. The minimum Gasteiger partial charge on any atom is -0.486 e. The average Bonchev–Trinajstić information content (AvgIpc) is 3.65. The van der Waals surface area contributed by atoms with Crippen molar-refractivity contribution in [1.29, 1.82) is 0 Å². The maximum absolute atomic E-state index is 14.2. The number of anilines is 1. The maximum Gasteiger partial charge on any atom is 0.240 e. The number of amides is 2.